The minimum atomic E-state index is -0.706. The van der Waals surface area contributed by atoms with E-state index >= 15 is 0 Å². The number of urea groups is 1. The molecule has 0 saturated heterocycles. The Labute approximate surface area is 100 Å². The Morgan fingerprint density at radius 3 is 2.41 bits per heavy atom. The number of rotatable bonds is 4. The highest BCUT2D eigenvalue weighted by Crippen LogP contribution is 2.02. The van der Waals surface area contributed by atoms with Crippen LogP contribution in [-0.2, 0) is 11.3 Å². The number of nitrogens with one attached hydrogen (secondary N) is 2. The Balaban J connectivity index is 2.42. The summed E-state index contributed by atoms with van der Waals surface area (Å²) in [6, 6.07) is 6.52. The maximum Gasteiger partial charge on any atom is 0.312 e. The normalized spacial score (nSPS) is 11.6. The minimum Gasteiger partial charge on any atom is -0.352 e. The molecule has 1 aromatic carbocycles. The van der Waals surface area contributed by atoms with Crippen molar-refractivity contribution in [2.75, 3.05) is 0 Å². The topological polar surface area (TPSA) is 84.2 Å². The third-order valence-corrected chi connectivity index (χ3v) is 2.34. The van der Waals surface area contributed by atoms with Gasteiger partial charge in [0.05, 0.1) is 0 Å². The smallest absolute Gasteiger partial charge is 0.312 e. The standard InChI is InChI=1S/C12H17N3O2/c1-8-3-5-10(6-4-8)7-14-11(16)9(2)15-12(13)17/h3-6,9H,7H2,1-2H3,(H,14,16)(H3,13,15,17). The second kappa shape index (κ2) is 5.89. The highest BCUT2D eigenvalue weighted by Gasteiger charge is 2.12. The van der Waals surface area contributed by atoms with E-state index in [-0.39, 0.29) is 5.91 Å². The van der Waals surface area contributed by atoms with Crippen molar-refractivity contribution >= 4 is 11.9 Å². The summed E-state index contributed by atoms with van der Waals surface area (Å²) in [5, 5.41) is 5.03. The van der Waals surface area contributed by atoms with Gasteiger partial charge in [-0.05, 0) is 19.4 Å². The van der Waals surface area contributed by atoms with Gasteiger partial charge < -0.3 is 16.4 Å². The molecule has 0 radical (unpaired) electrons. The van der Waals surface area contributed by atoms with E-state index < -0.39 is 12.1 Å². The van der Waals surface area contributed by atoms with Crippen LogP contribution in [0.5, 0.6) is 0 Å². The van der Waals surface area contributed by atoms with E-state index in [1.54, 1.807) is 6.92 Å². The van der Waals surface area contributed by atoms with Crippen LogP contribution in [0.15, 0.2) is 24.3 Å². The van der Waals surface area contributed by atoms with E-state index in [2.05, 4.69) is 10.6 Å². The van der Waals surface area contributed by atoms with Crippen molar-refractivity contribution in [3.05, 3.63) is 35.4 Å². The quantitative estimate of drug-likeness (QED) is 0.716. The van der Waals surface area contributed by atoms with Gasteiger partial charge in [0.25, 0.3) is 0 Å². The molecule has 0 aliphatic heterocycles. The van der Waals surface area contributed by atoms with Gasteiger partial charge in [-0.25, -0.2) is 4.79 Å². The second-order valence-corrected chi connectivity index (χ2v) is 3.93. The maximum atomic E-state index is 11.5. The average Bonchev–Trinajstić information content (AvgIpc) is 2.27. The molecule has 1 unspecified atom stereocenters. The molecule has 92 valence electrons. The summed E-state index contributed by atoms with van der Waals surface area (Å²) in [6.07, 6.45) is 0. The van der Waals surface area contributed by atoms with Crippen LogP contribution < -0.4 is 16.4 Å². The first-order chi connectivity index (χ1) is 7.99. The fourth-order valence-electron chi connectivity index (χ4n) is 1.33. The number of hydrogen-bond donors (Lipinski definition) is 3. The maximum absolute atomic E-state index is 11.5. The molecule has 5 heteroatoms. The van der Waals surface area contributed by atoms with Crippen LogP contribution in [0.4, 0.5) is 4.79 Å². The lowest BCUT2D eigenvalue weighted by Crippen LogP contribution is -2.46. The summed E-state index contributed by atoms with van der Waals surface area (Å²) < 4.78 is 0. The number of primary amides is 1. The Morgan fingerprint density at radius 1 is 1.29 bits per heavy atom. The second-order valence-electron chi connectivity index (χ2n) is 3.93. The average molecular weight is 235 g/mol. The van der Waals surface area contributed by atoms with Gasteiger partial charge in [-0.2, -0.15) is 0 Å². The molecule has 3 amide bonds. The summed E-state index contributed by atoms with van der Waals surface area (Å²) >= 11 is 0. The summed E-state index contributed by atoms with van der Waals surface area (Å²) in [5.41, 5.74) is 7.10. The Hall–Kier alpha value is -2.04. The van der Waals surface area contributed by atoms with Gasteiger partial charge in [0.1, 0.15) is 6.04 Å². The predicted octanol–water partition coefficient (Wildman–Crippen LogP) is 0.668. The van der Waals surface area contributed by atoms with Crippen LogP contribution >= 0.6 is 0 Å². The number of carbonyl (C=O) groups is 2. The lowest BCUT2D eigenvalue weighted by molar-refractivity contribution is -0.122. The molecule has 1 atom stereocenters. The molecule has 0 aliphatic rings. The lowest BCUT2D eigenvalue weighted by Gasteiger charge is -2.12. The Morgan fingerprint density at radius 2 is 1.88 bits per heavy atom. The van der Waals surface area contributed by atoms with Gasteiger partial charge in [0, 0.05) is 6.54 Å². The predicted molar refractivity (Wildman–Crippen MR) is 65.2 cm³/mol. The molecular formula is C12H17N3O2. The molecule has 1 aromatic rings. The van der Waals surface area contributed by atoms with Crippen LogP contribution in [0.2, 0.25) is 0 Å². The third-order valence-electron chi connectivity index (χ3n) is 2.34. The van der Waals surface area contributed by atoms with Crippen molar-refractivity contribution < 1.29 is 9.59 Å². The zero-order valence-electron chi connectivity index (χ0n) is 9.99. The molecule has 0 bridgehead atoms. The fraction of sp³-hybridized carbons (Fsp3) is 0.333. The van der Waals surface area contributed by atoms with E-state index in [1.165, 1.54) is 5.56 Å². The van der Waals surface area contributed by atoms with E-state index in [0.717, 1.165) is 5.56 Å². The largest absolute Gasteiger partial charge is 0.352 e. The molecule has 0 spiro atoms. The zero-order chi connectivity index (χ0) is 12.8. The molecule has 5 nitrogen and oxygen atoms in total. The van der Waals surface area contributed by atoms with E-state index in [9.17, 15) is 9.59 Å². The van der Waals surface area contributed by atoms with Gasteiger partial charge in [-0.3, -0.25) is 4.79 Å². The summed E-state index contributed by atoms with van der Waals surface area (Å²) in [5.74, 6) is -0.260. The molecule has 0 saturated carbocycles. The monoisotopic (exact) mass is 235 g/mol. The highest BCUT2D eigenvalue weighted by molar-refractivity contribution is 5.86. The van der Waals surface area contributed by atoms with Gasteiger partial charge in [-0.15, -0.1) is 0 Å². The molecular weight excluding hydrogens is 218 g/mol. The summed E-state index contributed by atoms with van der Waals surface area (Å²) in [6.45, 7) is 4.01. The van der Waals surface area contributed by atoms with Crippen LogP contribution in [0.1, 0.15) is 18.1 Å². The van der Waals surface area contributed by atoms with Gasteiger partial charge >= 0.3 is 6.03 Å². The molecule has 0 heterocycles. The number of amides is 3. The highest BCUT2D eigenvalue weighted by atomic mass is 16.2. The first kappa shape index (κ1) is 13.0. The minimum absolute atomic E-state index is 0.260. The van der Waals surface area contributed by atoms with Crippen molar-refractivity contribution in [2.45, 2.75) is 26.4 Å². The zero-order valence-corrected chi connectivity index (χ0v) is 9.99. The Kier molecular flexibility index (Phi) is 4.51. The summed E-state index contributed by atoms with van der Waals surface area (Å²) in [7, 11) is 0. The SMILES string of the molecule is Cc1ccc(CNC(=O)C(C)NC(N)=O)cc1. The molecule has 0 aliphatic carbocycles. The van der Waals surface area contributed by atoms with Gasteiger partial charge in [0.2, 0.25) is 5.91 Å². The molecule has 1 rings (SSSR count). The van der Waals surface area contributed by atoms with Crippen molar-refractivity contribution in [3.8, 4) is 0 Å². The molecule has 0 aromatic heterocycles. The first-order valence-corrected chi connectivity index (χ1v) is 5.38. The lowest BCUT2D eigenvalue weighted by atomic mass is 10.1. The van der Waals surface area contributed by atoms with E-state index in [0.29, 0.717) is 6.54 Å². The van der Waals surface area contributed by atoms with Crippen molar-refractivity contribution in [1.29, 1.82) is 0 Å². The van der Waals surface area contributed by atoms with Crippen molar-refractivity contribution in [2.24, 2.45) is 5.73 Å². The van der Waals surface area contributed by atoms with E-state index in [4.69, 9.17) is 5.73 Å². The molecule has 0 fully saturated rings. The van der Waals surface area contributed by atoms with Crippen molar-refractivity contribution in [3.63, 3.8) is 0 Å². The number of hydrogen-bond acceptors (Lipinski definition) is 2. The number of nitrogens with two attached hydrogens (primary N) is 1. The number of aryl methyl sites for hydroxylation is 1. The van der Waals surface area contributed by atoms with Gasteiger partial charge in [0.15, 0.2) is 0 Å². The number of benzene rings is 1. The Bertz CT molecular complexity index is 401. The summed E-state index contributed by atoms with van der Waals surface area (Å²) in [4.78, 5) is 22.1. The van der Waals surface area contributed by atoms with E-state index in [1.807, 2.05) is 31.2 Å². The molecule has 4 N–H and O–H groups in total. The molecule has 17 heavy (non-hydrogen) atoms. The van der Waals surface area contributed by atoms with Gasteiger partial charge in [-0.1, -0.05) is 29.8 Å². The fourth-order valence-corrected chi connectivity index (χ4v) is 1.33. The first-order valence-electron chi connectivity index (χ1n) is 5.38. The van der Waals surface area contributed by atoms with Crippen molar-refractivity contribution in [1.82, 2.24) is 10.6 Å². The number of carbonyl (C=O) groups excluding carboxylic acids is 2. The van der Waals surface area contributed by atoms with Crippen LogP contribution in [-0.4, -0.2) is 18.0 Å². The van der Waals surface area contributed by atoms with Crippen LogP contribution in [0, 0.1) is 6.92 Å². The van der Waals surface area contributed by atoms with Crippen LogP contribution in [0.25, 0.3) is 0 Å². The third kappa shape index (κ3) is 4.55. The van der Waals surface area contributed by atoms with Crippen LogP contribution in [0.3, 0.4) is 0 Å².